The zero-order valence-electron chi connectivity index (χ0n) is 11.8. The molecule has 0 saturated heterocycles. The maximum atomic E-state index is 12.1. The van der Waals surface area contributed by atoms with Crippen LogP contribution >= 0.6 is 11.8 Å². The van der Waals surface area contributed by atoms with Gasteiger partial charge in [0.25, 0.3) is 0 Å². The molecule has 3 unspecified atom stereocenters. The van der Waals surface area contributed by atoms with Crippen molar-refractivity contribution >= 4 is 29.0 Å². The summed E-state index contributed by atoms with van der Waals surface area (Å²) in [6, 6.07) is 5.39. The summed E-state index contributed by atoms with van der Waals surface area (Å²) in [5.41, 5.74) is 8.07. The molecule has 0 aromatic heterocycles. The van der Waals surface area contributed by atoms with E-state index >= 15 is 0 Å². The van der Waals surface area contributed by atoms with Gasteiger partial charge in [-0.3, -0.25) is 4.79 Å². The lowest BCUT2D eigenvalue weighted by Crippen LogP contribution is -2.27. The van der Waals surface area contributed by atoms with Crippen LogP contribution in [0.25, 0.3) is 0 Å². The van der Waals surface area contributed by atoms with Crippen LogP contribution in [0.1, 0.15) is 26.3 Å². The van der Waals surface area contributed by atoms with Gasteiger partial charge in [0, 0.05) is 16.6 Å². The molecule has 1 aromatic rings. The van der Waals surface area contributed by atoms with Gasteiger partial charge in [-0.1, -0.05) is 6.92 Å². The Bertz CT molecular complexity index is 449. The molecule has 0 radical (unpaired) electrons. The number of aliphatic hydroxyl groups is 1. The summed E-state index contributed by atoms with van der Waals surface area (Å²) in [5.74, 6) is -0.0645. The zero-order chi connectivity index (χ0) is 14.6. The summed E-state index contributed by atoms with van der Waals surface area (Å²) in [6.45, 7) is 7.38. The predicted octanol–water partition coefficient (Wildman–Crippen LogP) is 2.41. The van der Waals surface area contributed by atoms with Crippen molar-refractivity contribution in [1.29, 1.82) is 0 Å². The molecule has 19 heavy (non-hydrogen) atoms. The predicted molar refractivity (Wildman–Crippen MR) is 82.4 cm³/mol. The van der Waals surface area contributed by atoms with Crippen LogP contribution in [0.15, 0.2) is 18.2 Å². The fraction of sp³-hybridized carbons (Fsp3) is 0.500. The highest BCUT2D eigenvalue weighted by Gasteiger charge is 2.20. The lowest BCUT2D eigenvalue weighted by Gasteiger charge is -2.19. The number of carbonyl (C=O) groups excluding carboxylic acids is 1. The molecule has 0 heterocycles. The third kappa shape index (κ3) is 4.76. The molecular weight excluding hydrogens is 260 g/mol. The molecule has 5 heteroatoms. The molecule has 0 bridgehead atoms. The van der Waals surface area contributed by atoms with E-state index in [-0.39, 0.29) is 16.4 Å². The van der Waals surface area contributed by atoms with Gasteiger partial charge in [0.05, 0.1) is 11.4 Å². The maximum Gasteiger partial charge on any atom is 0.237 e. The number of carbonyl (C=O) groups is 1. The monoisotopic (exact) mass is 282 g/mol. The van der Waals surface area contributed by atoms with Gasteiger partial charge < -0.3 is 16.2 Å². The maximum absolute atomic E-state index is 12.1. The van der Waals surface area contributed by atoms with Gasteiger partial charge in [0.1, 0.15) is 0 Å². The van der Waals surface area contributed by atoms with E-state index in [2.05, 4.69) is 5.32 Å². The molecule has 106 valence electrons. The number of anilines is 2. The molecule has 0 aliphatic rings. The fourth-order valence-corrected chi connectivity index (χ4v) is 2.61. The van der Waals surface area contributed by atoms with Gasteiger partial charge in [0.15, 0.2) is 0 Å². The molecule has 3 atom stereocenters. The second-order valence-corrected chi connectivity index (χ2v) is 6.51. The molecule has 1 aromatic carbocycles. The van der Waals surface area contributed by atoms with Crippen LogP contribution in [0.2, 0.25) is 0 Å². The van der Waals surface area contributed by atoms with Crippen molar-refractivity contribution in [2.45, 2.75) is 44.3 Å². The number of amides is 1. The first-order valence-corrected chi connectivity index (χ1v) is 7.26. The number of aliphatic hydroxyl groups excluding tert-OH is 1. The Hall–Kier alpha value is -1.20. The van der Waals surface area contributed by atoms with Crippen LogP contribution in [0.3, 0.4) is 0 Å². The molecule has 0 fully saturated rings. The number of rotatable bonds is 5. The summed E-state index contributed by atoms with van der Waals surface area (Å²) in [6.07, 6.45) is -0.432. The highest BCUT2D eigenvalue weighted by molar-refractivity contribution is 8.01. The first kappa shape index (κ1) is 15.9. The Labute approximate surface area is 118 Å². The van der Waals surface area contributed by atoms with E-state index in [0.29, 0.717) is 5.69 Å². The Morgan fingerprint density at radius 3 is 2.53 bits per heavy atom. The highest BCUT2D eigenvalue weighted by atomic mass is 32.2. The van der Waals surface area contributed by atoms with Gasteiger partial charge in [-0.05, 0) is 44.5 Å². The molecule has 0 aliphatic carbocycles. The van der Waals surface area contributed by atoms with E-state index in [0.717, 1.165) is 11.3 Å². The minimum Gasteiger partial charge on any atom is -0.399 e. The van der Waals surface area contributed by atoms with E-state index in [1.165, 1.54) is 11.8 Å². The number of nitrogens with one attached hydrogen (secondary N) is 1. The molecular formula is C14H22N2O2S. The van der Waals surface area contributed by atoms with Gasteiger partial charge in [-0.25, -0.2) is 0 Å². The normalized spacial score (nSPS) is 15.6. The average molecular weight is 282 g/mol. The summed E-state index contributed by atoms with van der Waals surface area (Å²) in [7, 11) is 0. The zero-order valence-corrected chi connectivity index (χ0v) is 12.6. The molecule has 0 spiro atoms. The second kappa shape index (κ2) is 6.82. The second-order valence-electron chi connectivity index (χ2n) is 4.79. The van der Waals surface area contributed by atoms with Gasteiger partial charge in [-0.15, -0.1) is 11.8 Å². The number of hydrogen-bond acceptors (Lipinski definition) is 4. The van der Waals surface area contributed by atoms with Crippen molar-refractivity contribution < 1.29 is 9.90 Å². The van der Waals surface area contributed by atoms with Crippen LogP contribution in [0.4, 0.5) is 11.4 Å². The van der Waals surface area contributed by atoms with Gasteiger partial charge >= 0.3 is 0 Å². The van der Waals surface area contributed by atoms with Crippen molar-refractivity contribution in [2.75, 3.05) is 11.1 Å². The Kier molecular flexibility index (Phi) is 5.69. The largest absolute Gasteiger partial charge is 0.399 e. The Balaban J connectivity index is 2.63. The number of nitrogen functional groups attached to an aromatic ring is 1. The van der Waals surface area contributed by atoms with Crippen molar-refractivity contribution in [1.82, 2.24) is 0 Å². The number of thioether (sulfide) groups is 1. The summed E-state index contributed by atoms with van der Waals surface area (Å²) >= 11 is 1.46. The molecule has 1 rings (SSSR count). The van der Waals surface area contributed by atoms with E-state index in [1.54, 1.807) is 19.1 Å². The van der Waals surface area contributed by atoms with Crippen molar-refractivity contribution in [3.8, 4) is 0 Å². The van der Waals surface area contributed by atoms with E-state index in [4.69, 9.17) is 5.73 Å². The minimum absolute atomic E-state index is 0.0215. The minimum atomic E-state index is -0.432. The molecule has 0 saturated carbocycles. The van der Waals surface area contributed by atoms with E-state index < -0.39 is 6.10 Å². The first-order valence-electron chi connectivity index (χ1n) is 6.31. The number of nitrogens with two attached hydrogens (primary N) is 1. The highest BCUT2D eigenvalue weighted by Crippen LogP contribution is 2.23. The van der Waals surface area contributed by atoms with Gasteiger partial charge in [0.2, 0.25) is 5.91 Å². The summed E-state index contributed by atoms with van der Waals surface area (Å²) < 4.78 is 0. The van der Waals surface area contributed by atoms with Crippen molar-refractivity contribution in [3.63, 3.8) is 0 Å². The van der Waals surface area contributed by atoms with Crippen LogP contribution in [-0.4, -0.2) is 27.6 Å². The van der Waals surface area contributed by atoms with E-state index in [9.17, 15) is 9.90 Å². The smallest absolute Gasteiger partial charge is 0.237 e. The number of hydrogen-bond donors (Lipinski definition) is 3. The molecule has 4 N–H and O–H groups in total. The quantitative estimate of drug-likeness (QED) is 0.725. The average Bonchev–Trinajstić information content (AvgIpc) is 2.32. The number of aryl methyl sites for hydroxylation is 1. The molecule has 4 nitrogen and oxygen atoms in total. The van der Waals surface area contributed by atoms with Gasteiger partial charge in [-0.2, -0.15) is 0 Å². The first-order chi connectivity index (χ1) is 8.81. The lowest BCUT2D eigenvalue weighted by atomic mass is 10.2. The van der Waals surface area contributed by atoms with Crippen LogP contribution in [0, 0.1) is 6.92 Å². The van der Waals surface area contributed by atoms with Crippen LogP contribution < -0.4 is 11.1 Å². The van der Waals surface area contributed by atoms with Crippen molar-refractivity contribution in [3.05, 3.63) is 23.8 Å². The topological polar surface area (TPSA) is 75.3 Å². The van der Waals surface area contributed by atoms with Crippen LogP contribution in [0.5, 0.6) is 0 Å². The van der Waals surface area contributed by atoms with Crippen LogP contribution in [-0.2, 0) is 4.79 Å². The summed E-state index contributed by atoms with van der Waals surface area (Å²) in [5, 5.41) is 12.1. The van der Waals surface area contributed by atoms with E-state index in [1.807, 2.05) is 26.8 Å². The summed E-state index contributed by atoms with van der Waals surface area (Å²) in [4.78, 5) is 12.1. The Morgan fingerprint density at radius 2 is 2.00 bits per heavy atom. The number of benzene rings is 1. The lowest BCUT2D eigenvalue weighted by molar-refractivity contribution is -0.115. The fourth-order valence-electron chi connectivity index (χ4n) is 1.56. The molecule has 1 amide bonds. The SMILES string of the molecule is Cc1cc(N)ccc1NC(=O)C(C)SC(C)C(C)O. The molecule has 0 aliphatic heterocycles. The standard InChI is InChI=1S/C14H22N2O2S/c1-8-7-12(15)5-6-13(8)16-14(18)11(4)19-10(3)9(2)17/h5-7,9-11,17H,15H2,1-4H3,(H,16,18). The third-order valence-corrected chi connectivity index (χ3v) is 4.42. The third-order valence-electron chi connectivity index (χ3n) is 2.98. The Morgan fingerprint density at radius 1 is 1.37 bits per heavy atom. The van der Waals surface area contributed by atoms with Crippen molar-refractivity contribution in [2.24, 2.45) is 0 Å².